The van der Waals surface area contributed by atoms with Crippen molar-refractivity contribution in [1.29, 1.82) is 0 Å². The number of nitrogens with one attached hydrogen (secondary N) is 1. The summed E-state index contributed by atoms with van der Waals surface area (Å²) in [5, 5.41) is 0. The Labute approximate surface area is 275 Å². The van der Waals surface area contributed by atoms with Crippen molar-refractivity contribution >= 4 is 33.0 Å². The fourth-order valence-electron chi connectivity index (χ4n) is 5.83. The lowest BCUT2D eigenvalue weighted by Crippen LogP contribution is -2.49. The van der Waals surface area contributed by atoms with Crippen LogP contribution in [0, 0.1) is 6.92 Å². The van der Waals surface area contributed by atoms with Crippen LogP contribution in [0.1, 0.15) is 33.2 Å². The number of carbonyl (C=O) groups excluding carboxylic acids is 1. The van der Waals surface area contributed by atoms with Crippen molar-refractivity contribution in [2.24, 2.45) is 0 Å². The van der Waals surface area contributed by atoms with Gasteiger partial charge in [-0.2, -0.15) is 0 Å². The van der Waals surface area contributed by atoms with Crippen molar-refractivity contribution in [2.45, 2.75) is 24.5 Å². The summed E-state index contributed by atoms with van der Waals surface area (Å²) in [6.45, 7) is 2.32. The lowest BCUT2D eigenvalue weighted by molar-refractivity contribution is 0.0967. The van der Waals surface area contributed by atoms with E-state index >= 15 is 0 Å². The number of benzene rings is 5. The number of amides is 1. The highest BCUT2D eigenvalue weighted by atomic mass is 32.2. The van der Waals surface area contributed by atoms with Gasteiger partial charge in [0.1, 0.15) is 11.9 Å². The second-order valence-corrected chi connectivity index (χ2v) is 12.8. The summed E-state index contributed by atoms with van der Waals surface area (Å²) >= 11 is 0. The molecule has 1 N–H and O–H groups in total. The van der Waals surface area contributed by atoms with Gasteiger partial charge in [0.15, 0.2) is 11.5 Å². The molecule has 1 amide bonds. The van der Waals surface area contributed by atoms with Crippen molar-refractivity contribution < 1.29 is 27.4 Å². The SMILES string of the molecule is COc1ccc(N2C(=O)c3cc(S(=O)(=O)Nc4ccc(C)cc4)ccc3N(Cc3ccccc3)[C@@H]2c2cccc(OC)c2OC)cc1. The Morgan fingerprint density at radius 3 is 2.15 bits per heavy atom. The van der Waals surface area contributed by atoms with Gasteiger partial charge in [-0.05, 0) is 73.2 Å². The van der Waals surface area contributed by atoms with Crippen LogP contribution in [0.3, 0.4) is 0 Å². The van der Waals surface area contributed by atoms with Crippen LogP contribution < -0.4 is 28.7 Å². The minimum absolute atomic E-state index is 0.0306. The standard InChI is InChI=1S/C37H35N3O6S/c1-25-13-15-27(16-14-25)38-47(42,43)30-21-22-33-32(23-30)37(41)40(28-17-19-29(44-2)20-18-28)36(39(33)24-26-9-6-5-7-10-26)31-11-8-12-34(45-3)35(31)46-4/h5-23,36,38H,24H2,1-4H3/t36-/m0/s1. The first-order chi connectivity index (χ1) is 22.7. The van der Waals surface area contributed by atoms with Crippen LogP contribution in [0.4, 0.5) is 17.1 Å². The molecule has 5 aromatic carbocycles. The second-order valence-electron chi connectivity index (χ2n) is 11.1. The van der Waals surface area contributed by atoms with E-state index in [1.165, 1.54) is 12.1 Å². The fraction of sp³-hybridized carbons (Fsp3) is 0.162. The Morgan fingerprint density at radius 1 is 0.766 bits per heavy atom. The third-order valence-corrected chi connectivity index (χ3v) is 9.52. The molecule has 10 heteroatoms. The number of hydrogen-bond acceptors (Lipinski definition) is 7. The Kier molecular flexibility index (Phi) is 8.78. The molecular weight excluding hydrogens is 614 g/mol. The third kappa shape index (κ3) is 6.19. The molecule has 0 aromatic heterocycles. The molecule has 1 aliphatic rings. The number of aryl methyl sites for hydroxylation is 1. The molecule has 0 fully saturated rings. The molecule has 0 saturated carbocycles. The quantitative estimate of drug-likeness (QED) is 0.171. The number of nitrogens with zero attached hydrogens (tertiary/aromatic N) is 2. The number of anilines is 3. The summed E-state index contributed by atoms with van der Waals surface area (Å²) in [5.74, 6) is 1.25. The highest BCUT2D eigenvalue weighted by Crippen LogP contribution is 2.47. The van der Waals surface area contributed by atoms with Gasteiger partial charge >= 0.3 is 0 Å². The first-order valence-corrected chi connectivity index (χ1v) is 16.4. The molecule has 0 saturated heterocycles. The van der Waals surface area contributed by atoms with Crippen molar-refractivity contribution in [3.8, 4) is 17.2 Å². The molecular formula is C37H35N3O6S. The number of fused-ring (bicyclic) bond motifs is 1. The van der Waals surface area contributed by atoms with Gasteiger partial charge < -0.3 is 19.1 Å². The summed E-state index contributed by atoms with van der Waals surface area (Å²) in [4.78, 5) is 18.5. The van der Waals surface area contributed by atoms with E-state index < -0.39 is 16.2 Å². The van der Waals surface area contributed by atoms with Crippen LogP contribution in [0.15, 0.2) is 120 Å². The zero-order valence-electron chi connectivity index (χ0n) is 26.5. The fourth-order valence-corrected chi connectivity index (χ4v) is 6.91. The number of para-hydroxylation sites is 1. The summed E-state index contributed by atoms with van der Waals surface area (Å²) in [7, 11) is 0.685. The van der Waals surface area contributed by atoms with Crippen LogP contribution in [-0.2, 0) is 16.6 Å². The maximum Gasteiger partial charge on any atom is 0.262 e. The first-order valence-electron chi connectivity index (χ1n) is 15.0. The maximum atomic E-state index is 14.8. The Hall–Kier alpha value is -5.48. The summed E-state index contributed by atoms with van der Waals surface area (Å²) in [6.07, 6.45) is -0.707. The van der Waals surface area contributed by atoms with Crippen LogP contribution in [0.5, 0.6) is 17.2 Å². The normalized spacial score (nSPS) is 14.4. The zero-order valence-corrected chi connectivity index (χ0v) is 27.3. The summed E-state index contributed by atoms with van der Waals surface area (Å²) in [6, 6.07) is 34.4. The predicted molar refractivity (Wildman–Crippen MR) is 183 cm³/mol. The highest BCUT2D eigenvalue weighted by molar-refractivity contribution is 7.92. The maximum absolute atomic E-state index is 14.8. The number of methoxy groups -OCH3 is 3. The molecule has 5 aromatic rings. The number of hydrogen-bond donors (Lipinski definition) is 1. The van der Waals surface area contributed by atoms with Gasteiger partial charge in [0.05, 0.1) is 37.5 Å². The van der Waals surface area contributed by atoms with E-state index in [2.05, 4.69) is 9.62 Å². The first kappa shape index (κ1) is 31.5. The van der Waals surface area contributed by atoms with Gasteiger partial charge in [-0.1, -0.05) is 60.2 Å². The van der Waals surface area contributed by atoms with Gasteiger partial charge in [-0.15, -0.1) is 0 Å². The molecule has 1 atom stereocenters. The van der Waals surface area contributed by atoms with Gasteiger partial charge in [0, 0.05) is 23.5 Å². The largest absolute Gasteiger partial charge is 0.497 e. The molecule has 0 unspecified atom stereocenters. The Balaban J connectivity index is 1.56. The van der Waals surface area contributed by atoms with Crippen molar-refractivity contribution in [1.82, 2.24) is 0 Å². The van der Waals surface area contributed by atoms with Crippen molar-refractivity contribution in [3.05, 3.63) is 138 Å². The summed E-state index contributed by atoms with van der Waals surface area (Å²) in [5.41, 5.74) is 4.51. The molecule has 9 nitrogen and oxygen atoms in total. The lowest BCUT2D eigenvalue weighted by atomic mass is 9.98. The summed E-state index contributed by atoms with van der Waals surface area (Å²) < 4.78 is 46.8. The van der Waals surface area contributed by atoms with Crippen molar-refractivity contribution in [2.75, 3.05) is 35.9 Å². The Morgan fingerprint density at radius 2 is 1.49 bits per heavy atom. The third-order valence-electron chi connectivity index (χ3n) is 8.14. The lowest BCUT2D eigenvalue weighted by Gasteiger charge is -2.46. The molecule has 240 valence electrons. The number of rotatable bonds is 10. The molecule has 47 heavy (non-hydrogen) atoms. The molecule has 6 rings (SSSR count). The van der Waals surface area contributed by atoms with Crippen LogP contribution >= 0.6 is 0 Å². The second kappa shape index (κ2) is 13.1. The number of carbonyl (C=O) groups is 1. The van der Waals surface area contributed by atoms with E-state index in [9.17, 15) is 13.2 Å². The van der Waals surface area contributed by atoms with E-state index in [-0.39, 0.29) is 16.4 Å². The zero-order chi connectivity index (χ0) is 33.1. The monoisotopic (exact) mass is 649 g/mol. The average Bonchev–Trinajstić information content (AvgIpc) is 3.10. The molecule has 1 aliphatic heterocycles. The van der Waals surface area contributed by atoms with Gasteiger partial charge in [0.2, 0.25) is 0 Å². The molecule has 0 bridgehead atoms. The van der Waals surface area contributed by atoms with Crippen LogP contribution in [0.2, 0.25) is 0 Å². The predicted octanol–water partition coefficient (Wildman–Crippen LogP) is 7.19. The highest BCUT2D eigenvalue weighted by Gasteiger charge is 2.42. The van der Waals surface area contributed by atoms with Gasteiger partial charge in [-0.25, -0.2) is 8.42 Å². The minimum atomic E-state index is -4.03. The molecule has 1 heterocycles. The molecule has 0 radical (unpaired) electrons. The topological polar surface area (TPSA) is 97.4 Å². The van der Waals surface area contributed by atoms with Gasteiger partial charge in [0.25, 0.3) is 15.9 Å². The van der Waals surface area contributed by atoms with Crippen LogP contribution in [0.25, 0.3) is 0 Å². The Bertz CT molecular complexity index is 2000. The van der Waals surface area contributed by atoms with E-state index in [1.807, 2.05) is 73.7 Å². The average molecular weight is 650 g/mol. The van der Waals surface area contributed by atoms with Crippen LogP contribution in [-0.4, -0.2) is 35.7 Å². The molecule has 0 aliphatic carbocycles. The van der Waals surface area contributed by atoms with Crippen molar-refractivity contribution in [3.63, 3.8) is 0 Å². The molecule has 0 spiro atoms. The van der Waals surface area contributed by atoms with E-state index in [0.717, 1.165) is 11.1 Å². The number of sulfonamides is 1. The smallest absolute Gasteiger partial charge is 0.262 e. The van der Waals surface area contributed by atoms with Gasteiger partial charge in [-0.3, -0.25) is 14.4 Å². The number of ether oxygens (including phenoxy) is 3. The van der Waals surface area contributed by atoms with E-state index in [4.69, 9.17) is 14.2 Å². The van der Waals surface area contributed by atoms with E-state index in [0.29, 0.717) is 46.4 Å². The van der Waals surface area contributed by atoms with E-state index in [1.54, 1.807) is 62.6 Å². The minimum Gasteiger partial charge on any atom is -0.497 e.